The largest absolute Gasteiger partial charge is 0.454 e. The first-order chi connectivity index (χ1) is 15.0. The maximum atomic E-state index is 13.7. The lowest BCUT2D eigenvalue weighted by atomic mass is 10.1. The van der Waals surface area contributed by atoms with E-state index in [2.05, 4.69) is 10.2 Å². The second-order valence-corrected chi connectivity index (χ2v) is 10.3. The van der Waals surface area contributed by atoms with Crippen molar-refractivity contribution >= 4 is 27.3 Å². The Morgan fingerprint density at radius 1 is 0.839 bits per heavy atom. The molecule has 0 atom stereocenters. The summed E-state index contributed by atoms with van der Waals surface area (Å²) in [4.78, 5) is 15.3. The van der Waals surface area contributed by atoms with Gasteiger partial charge >= 0.3 is 0 Å². The molecule has 0 unspecified atom stereocenters. The van der Waals surface area contributed by atoms with E-state index in [1.165, 1.54) is 6.07 Å². The lowest BCUT2D eigenvalue weighted by Gasteiger charge is -2.26. The van der Waals surface area contributed by atoms with E-state index < -0.39 is 10.0 Å². The Morgan fingerprint density at radius 2 is 1.52 bits per heavy atom. The van der Waals surface area contributed by atoms with Gasteiger partial charge in [0.1, 0.15) is 10.6 Å². The lowest BCUT2D eigenvalue weighted by Crippen LogP contribution is -2.33. The smallest absolute Gasteiger partial charge is 0.259 e. The van der Waals surface area contributed by atoms with E-state index in [1.54, 1.807) is 22.5 Å². The van der Waals surface area contributed by atoms with Crippen LogP contribution in [0.5, 0.6) is 11.5 Å². The number of para-hydroxylation sites is 2. The average molecular weight is 442 g/mol. The number of fused-ring (bicyclic) bond motifs is 2. The summed E-state index contributed by atoms with van der Waals surface area (Å²) in [6, 6.07) is 10.5. The summed E-state index contributed by atoms with van der Waals surface area (Å²) in [7, 11) is -3.73. The number of sulfonamides is 1. The molecule has 0 saturated carbocycles. The van der Waals surface area contributed by atoms with Gasteiger partial charge in [-0.05, 0) is 43.9 Å². The zero-order chi connectivity index (χ0) is 21.4. The maximum absolute atomic E-state index is 13.7. The number of carbonyl (C=O) groups excluding carboxylic acids is 1. The highest BCUT2D eigenvalue weighted by Crippen LogP contribution is 2.41. The van der Waals surface area contributed by atoms with Crippen molar-refractivity contribution in [2.24, 2.45) is 0 Å². The Hall–Kier alpha value is -2.58. The molecule has 3 heterocycles. The van der Waals surface area contributed by atoms with Crippen molar-refractivity contribution in [3.8, 4) is 11.5 Å². The standard InChI is InChI=1S/C23H27N3O4S/c27-23-17-15-22(31(28,29)26-13-5-1-2-6-14-26)19(25-11-7-8-12-25)16-21(17)30-20-10-4-3-9-18(20)24-23/h3-4,9-10,15-16H,1-2,5-8,11-14H2,(H,24,27). The number of hydrogen-bond donors (Lipinski definition) is 1. The van der Waals surface area contributed by atoms with Gasteiger partial charge in [0.15, 0.2) is 5.75 Å². The van der Waals surface area contributed by atoms with Crippen molar-refractivity contribution in [2.75, 3.05) is 36.4 Å². The molecule has 8 heteroatoms. The van der Waals surface area contributed by atoms with Gasteiger partial charge in [-0.1, -0.05) is 25.0 Å². The van der Waals surface area contributed by atoms with Gasteiger partial charge in [0.05, 0.1) is 16.9 Å². The quantitative estimate of drug-likeness (QED) is 0.772. The molecule has 1 N–H and O–H groups in total. The minimum Gasteiger partial charge on any atom is -0.454 e. The second kappa shape index (κ2) is 8.16. The third kappa shape index (κ3) is 3.78. The number of ether oxygens (including phenoxy) is 1. The first kappa shape index (κ1) is 20.3. The van der Waals surface area contributed by atoms with Gasteiger partial charge in [-0.2, -0.15) is 4.31 Å². The van der Waals surface area contributed by atoms with Gasteiger partial charge < -0.3 is 15.0 Å². The first-order valence-electron chi connectivity index (χ1n) is 11.1. The van der Waals surface area contributed by atoms with Gasteiger partial charge in [-0.15, -0.1) is 0 Å². The van der Waals surface area contributed by atoms with Crippen molar-refractivity contribution < 1.29 is 17.9 Å². The van der Waals surface area contributed by atoms with Crippen LogP contribution in [0.3, 0.4) is 0 Å². The van der Waals surface area contributed by atoms with Crippen LogP contribution in [0.15, 0.2) is 41.3 Å². The van der Waals surface area contributed by atoms with E-state index in [0.29, 0.717) is 36.0 Å². The SMILES string of the molecule is O=C1Nc2ccccc2Oc2cc(N3CCCC3)c(S(=O)(=O)N3CCCCCC3)cc21. The van der Waals surface area contributed by atoms with Crippen LogP contribution in [0.4, 0.5) is 11.4 Å². The molecular formula is C23H27N3O4S. The number of hydrogen-bond acceptors (Lipinski definition) is 5. The number of benzene rings is 2. The highest BCUT2D eigenvalue weighted by atomic mass is 32.2. The highest BCUT2D eigenvalue weighted by molar-refractivity contribution is 7.89. The van der Waals surface area contributed by atoms with Crippen LogP contribution < -0.4 is 15.0 Å². The summed E-state index contributed by atoms with van der Waals surface area (Å²) in [5, 5.41) is 2.85. The van der Waals surface area contributed by atoms with Gasteiger partial charge in [-0.3, -0.25) is 4.79 Å². The molecule has 3 aliphatic rings. The van der Waals surface area contributed by atoms with Crippen molar-refractivity contribution in [3.05, 3.63) is 42.0 Å². The molecule has 0 aliphatic carbocycles. The van der Waals surface area contributed by atoms with Crippen molar-refractivity contribution in [2.45, 2.75) is 43.4 Å². The van der Waals surface area contributed by atoms with Crippen LogP contribution in [0.2, 0.25) is 0 Å². The second-order valence-electron chi connectivity index (χ2n) is 8.38. The van der Waals surface area contributed by atoms with Crippen LogP contribution in [-0.4, -0.2) is 44.8 Å². The Bertz CT molecular complexity index is 1100. The summed E-state index contributed by atoms with van der Waals surface area (Å²) in [6.45, 7) is 2.63. The predicted molar refractivity (Wildman–Crippen MR) is 120 cm³/mol. The van der Waals surface area contributed by atoms with Gasteiger partial charge in [0.2, 0.25) is 10.0 Å². The molecule has 2 aromatic carbocycles. The number of carbonyl (C=O) groups is 1. The molecule has 31 heavy (non-hydrogen) atoms. The molecule has 2 saturated heterocycles. The molecule has 5 rings (SSSR count). The number of amides is 1. The normalized spacial score (nSPS) is 19.6. The Kier molecular flexibility index (Phi) is 5.35. The minimum atomic E-state index is -3.73. The number of nitrogens with zero attached hydrogens (tertiary/aromatic N) is 2. The van der Waals surface area contributed by atoms with Crippen LogP contribution >= 0.6 is 0 Å². The molecule has 164 valence electrons. The maximum Gasteiger partial charge on any atom is 0.259 e. The third-order valence-corrected chi connectivity index (χ3v) is 8.22. The summed E-state index contributed by atoms with van der Waals surface area (Å²) >= 11 is 0. The van der Waals surface area contributed by atoms with E-state index in [0.717, 1.165) is 51.6 Å². The topological polar surface area (TPSA) is 79.0 Å². The number of nitrogens with one attached hydrogen (secondary N) is 1. The Labute approximate surface area is 183 Å². The van der Waals surface area contributed by atoms with Crippen LogP contribution in [0.25, 0.3) is 0 Å². The lowest BCUT2D eigenvalue weighted by molar-refractivity contribution is 0.102. The van der Waals surface area contributed by atoms with E-state index in [-0.39, 0.29) is 16.4 Å². The number of anilines is 2. The Morgan fingerprint density at radius 3 is 2.26 bits per heavy atom. The minimum absolute atomic E-state index is 0.208. The first-order valence-corrected chi connectivity index (χ1v) is 12.5. The van der Waals surface area contributed by atoms with Gasteiger partial charge in [0.25, 0.3) is 5.91 Å². The van der Waals surface area contributed by atoms with Crippen molar-refractivity contribution in [1.82, 2.24) is 4.31 Å². The monoisotopic (exact) mass is 441 g/mol. The average Bonchev–Trinajstić information content (AvgIpc) is 3.09. The van der Waals surface area contributed by atoms with Gasteiger partial charge in [-0.25, -0.2) is 8.42 Å². The summed E-state index contributed by atoms with van der Waals surface area (Å²) < 4.78 is 35.2. The fourth-order valence-electron chi connectivity index (χ4n) is 4.61. The third-order valence-electron chi connectivity index (χ3n) is 6.29. The molecule has 2 fully saturated rings. The van der Waals surface area contributed by atoms with E-state index in [4.69, 9.17) is 4.74 Å². The van der Waals surface area contributed by atoms with Gasteiger partial charge in [0, 0.05) is 32.2 Å². The molecule has 7 nitrogen and oxygen atoms in total. The van der Waals surface area contributed by atoms with Crippen molar-refractivity contribution in [3.63, 3.8) is 0 Å². The molecule has 2 aromatic rings. The number of rotatable bonds is 3. The van der Waals surface area contributed by atoms with E-state index >= 15 is 0 Å². The molecule has 0 radical (unpaired) electrons. The summed E-state index contributed by atoms with van der Waals surface area (Å²) in [5.41, 5.74) is 1.45. The zero-order valence-electron chi connectivity index (χ0n) is 17.5. The Balaban J connectivity index is 1.64. The highest BCUT2D eigenvalue weighted by Gasteiger charge is 2.33. The van der Waals surface area contributed by atoms with E-state index in [9.17, 15) is 13.2 Å². The fraction of sp³-hybridized carbons (Fsp3) is 0.435. The molecule has 1 amide bonds. The van der Waals surface area contributed by atoms with Crippen LogP contribution in [-0.2, 0) is 10.0 Å². The molecule has 0 bridgehead atoms. The molecule has 3 aliphatic heterocycles. The fourth-order valence-corrected chi connectivity index (χ4v) is 6.35. The van der Waals surface area contributed by atoms with Crippen LogP contribution in [0.1, 0.15) is 48.9 Å². The summed E-state index contributed by atoms with van der Waals surface area (Å²) in [6.07, 6.45) is 5.85. The van der Waals surface area contributed by atoms with E-state index in [1.807, 2.05) is 12.1 Å². The molecular weight excluding hydrogens is 414 g/mol. The van der Waals surface area contributed by atoms with Crippen LogP contribution in [0, 0.1) is 0 Å². The van der Waals surface area contributed by atoms with Crippen molar-refractivity contribution in [1.29, 1.82) is 0 Å². The predicted octanol–water partition coefficient (Wildman–Crippen LogP) is 4.21. The molecule has 0 aromatic heterocycles. The molecule has 0 spiro atoms. The zero-order valence-corrected chi connectivity index (χ0v) is 18.3. The summed E-state index contributed by atoms with van der Waals surface area (Å²) in [5.74, 6) is 0.574.